The van der Waals surface area contributed by atoms with Crippen molar-refractivity contribution in [2.24, 2.45) is 5.73 Å². The number of benzene rings is 2. The molecule has 0 heterocycles. The Labute approximate surface area is 125 Å². The highest BCUT2D eigenvalue weighted by molar-refractivity contribution is 9.10. The van der Waals surface area contributed by atoms with Crippen molar-refractivity contribution in [1.82, 2.24) is 0 Å². The van der Waals surface area contributed by atoms with Crippen LogP contribution in [0.4, 0.5) is 4.39 Å². The van der Waals surface area contributed by atoms with Gasteiger partial charge in [0.05, 0.1) is 0 Å². The van der Waals surface area contributed by atoms with Crippen LogP contribution in [0.25, 0.3) is 0 Å². The molecule has 100 valence electrons. The number of nitrogens with two attached hydrogens (primary N) is 1. The van der Waals surface area contributed by atoms with E-state index in [-0.39, 0.29) is 11.9 Å². The highest BCUT2D eigenvalue weighted by Crippen LogP contribution is 2.24. The van der Waals surface area contributed by atoms with Crippen LogP contribution in [0.15, 0.2) is 40.9 Å². The molecule has 1 atom stereocenters. The minimum Gasteiger partial charge on any atom is -0.324 e. The van der Waals surface area contributed by atoms with Crippen LogP contribution in [-0.2, 0) is 6.42 Å². The summed E-state index contributed by atoms with van der Waals surface area (Å²) in [5.41, 5.74) is 8.98. The molecule has 1 unspecified atom stereocenters. The molecule has 2 rings (SSSR count). The van der Waals surface area contributed by atoms with Crippen molar-refractivity contribution in [1.29, 1.82) is 0 Å². The van der Waals surface area contributed by atoms with Gasteiger partial charge in [-0.1, -0.05) is 39.7 Å². The summed E-state index contributed by atoms with van der Waals surface area (Å²) in [4.78, 5) is 0. The van der Waals surface area contributed by atoms with Gasteiger partial charge in [-0.2, -0.15) is 0 Å². The van der Waals surface area contributed by atoms with E-state index in [2.05, 4.69) is 15.9 Å². The number of rotatable bonds is 3. The van der Waals surface area contributed by atoms with Crippen molar-refractivity contribution in [3.8, 4) is 0 Å². The normalized spacial score (nSPS) is 12.5. The van der Waals surface area contributed by atoms with Gasteiger partial charge in [-0.15, -0.1) is 0 Å². The van der Waals surface area contributed by atoms with E-state index in [0.717, 1.165) is 21.2 Å². The summed E-state index contributed by atoms with van der Waals surface area (Å²) in [7, 11) is 0. The summed E-state index contributed by atoms with van der Waals surface area (Å²) < 4.78 is 14.0. The molecule has 0 aliphatic heterocycles. The van der Waals surface area contributed by atoms with E-state index in [1.54, 1.807) is 0 Å². The molecule has 4 heteroatoms. The first kappa shape index (κ1) is 14.5. The fraction of sp³-hybridized carbons (Fsp3) is 0.200. The fourth-order valence-electron chi connectivity index (χ4n) is 1.94. The molecule has 0 amide bonds. The Morgan fingerprint density at radius 1 is 1.26 bits per heavy atom. The van der Waals surface area contributed by atoms with Gasteiger partial charge in [0.2, 0.25) is 0 Å². The average molecular weight is 343 g/mol. The Morgan fingerprint density at radius 2 is 2.00 bits per heavy atom. The first-order valence-electron chi connectivity index (χ1n) is 5.92. The lowest BCUT2D eigenvalue weighted by Gasteiger charge is -2.13. The molecule has 0 saturated heterocycles. The van der Waals surface area contributed by atoms with E-state index >= 15 is 0 Å². The zero-order valence-electron chi connectivity index (χ0n) is 10.5. The zero-order chi connectivity index (χ0) is 14.0. The quantitative estimate of drug-likeness (QED) is 0.852. The van der Waals surface area contributed by atoms with E-state index in [1.807, 2.05) is 31.2 Å². The Balaban J connectivity index is 2.20. The van der Waals surface area contributed by atoms with E-state index in [9.17, 15) is 4.39 Å². The minimum atomic E-state index is -0.265. The molecule has 2 N–H and O–H groups in total. The van der Waals surface area contributed by atoms with Crippen molar-refractivity contribution >= 4 is 27.5 Å². The molecule has 0 bridgehead atoms. The molecular formula is C15H14BrClFN. The highest BCUT2D eigenvalue weighted by Gasteiger charge is 2.10. The maximum absolute atomic E-state index is 13.3. The Bertz CT molecular complexity index is 580. The number of hydrogen-bond donors (Lipinski definition) is 1. The number of halogens is 3. The second kappa shape index (κ2) is 6.04. The van der Waals surface area contributed by atoms with Crippen LogP contribution in [0.3, 0.4) is 0 Å². The van der Waals surface area contributed by atoms with Gasteiger partial charge in [-0.05, 0) is 54.3 Å². The van der Waals surface area contributed by atoms with Crippen molar-refractivity contribution in [2.75, 3.05) is 0 Å². The molecule has 19 heavy (non-hydrogen) atoms. The van der Waals surface area contributed by atoms with Crippen molar-refractivity contribution in [3.05, 3.63) is 68.4 Å². The molecule has 0 aliphatic carbocycles. The van der Waals surface area contributed by atoms with Gasteiger partial charge in [-0.25, -0.2) is 4.39 Å². The van der Waals surface area contributed by atoms with Crippen molar-refractivity contribution in [3.63, 3.8) is 0 Å². The highest BCUT2D eigenvalue weighted by atomic mass is 79.9. The predicted octanol–water partition coefficient (Wildman–Crippen LogP) is 4.79. The third-order valence-corrected chi connectivity index (χ3v) is 3.87. The van der Waals surface area contributed by atoms with Crippen LogP contribution < -0.4 is 5.73 Å². The summed E-state index contributed by atoms with van der Waals surface area (Å²) in [6.07, 6.45) is 0.565. The molecule has 0 aliphatic rings. The molecule has 0 aromatic heterocycles. The van der Waals surface area contributed by atoms with Crippen molar-refractivity contribution in [2.45, 2.75) is 19.4 Å². The minimum absolute atomic E-state index is 0.202. The van der Waals surface area contributed by atoms with Crippen LogP contribution >= 0.6 is 27.5 Å². The molecule has 0 spiro atoms. The largest absolute Gasteiger partial charge is 0.324 e. The lowest BCUT2D eigenvalue weighted by molar-refractivity contribution is 0.621. The summed E-state index contributed by atoms with van der Waals surface area (Å²) in [5.74, 6) is -0.265. The first-order valence-corrected chi connectivity index (χ1v) is 7.09. The molecule has 2 aromatic rings. The summed E-state index contributed by atoms with van der Waals surface area (Å²) in [6.45, 7) is 1.95. The first-order chi connectivity index (χ1) is 8.95. The Hall–Kier alpha value is -0.900. The predicted molar refractivity (Wildman–Crippen MR) is 80.9 cm³/mol. The summed E-state index contributed by atoms with van der Waals surface area (Å²) in [6, 6.07) is 10.4. The van der Waals surface area contributed by atoms with Gasteiger partial charge in [0, 0.05) is 15.5 Å². The number of aryl methyl sites for hydroxylation is 1. The average Bonchev–Trinajstić information content (AvgIpc) is 2.31. The third kappa shape index (κ3) is 3.78. The standard InChI is InChI=1S/C15H14BrClFN/c1-9-2-3-11(7-14(9)17)15(19)6-10-4-12(16)8-13(18)5-10/h2-5,7-8,15H,6,19H2,1H3. The lowest BCUT2D eigenvalue weighted by Crippen LogP contribution is -2.13. The van der Waals surface area contributed by atoms with Crippen LogP contribution in [0.1, 0.15) is 22.7 Å². The second-order valence-corrected chi connectivity index (χ2v) is 5.92. The van der Waals surface area contributed by atoms with E-state index in [1.165, 1.54) is 12.1 Å². The van der Waals surface area contributed by atoms with Crippen LogP contribution in [0.5, 0.6) is 0 Å². The maximum Gasteiger partial charge on any atom is 0.124 e. The van der Waals surface area contributed by atoms with E-state index < -0.39 is 0 Å². The molecule has 0 saturated carbocycles. The van der Waals surface area contributed by atoms with Gasteiger partial charge in [0.25, 0.3) is 0 Å². The lowest BCUT2D eigenvalue weighted by atomic mass is 9.99. The van der Waals surface area contributed by atoms with Crippen LogP contribution in [0, 0.1) is 12.7 Å². The molecule has 1 nitrogen and oxygen atoms in total. The monoisotopic (exact) mass is 341 g/mol. The van der Waals surface area contributed by atoms with Gasteiger partial charge in [-0.3, -0.25) is 0 Å². The topological polar surface area (TPSA) is 26.0 Å². The van der Waals surface area contributed by atoms with Gasteiger partial charge < -0.3 is 5.73 Å². The van der Waals surface area contributed by atoms with Crippen LogP contribution in [0.2, 0.25) is 5.02 Å². The molecule has 0 fully saturated rings. The number of hydrogen-bond acceptors (Lipinski definition) is 1. The second-order valence-electron chi connectivity index (χ2n) is 4.60. The fourth-order valence-corrected chi connectivity index (χ4v) is 2.64. The summed E-state index contributed by atoms with van der Waals surface area (Å²) >= 11 is 9.37. The van der Waals surface area contributed by atoms with Gasteiger partial charge in [0.15, 0.2) is 0 Å². The van der Waals surface area contributed by atoms with Crippen molar-refractivity contribution < 1.29 is 4.39 Å². The molecular weight excluding hydrogens is 329 g/mol. The third-order valence-electron chi connectivity index (χ3n) is 3.00. The summed E-state index contributed by atoms with van der Waals surface area (Å²) in [5, 5.41) is 0.702. The van der Waals surface area contributed by atoms with Gasteiger partial charge >= 0.3 is 0 Å². The smallest absolute Gasteiger partial charge is 0.124 e. The van der Waals surface area contributed by atoms with Crippen LogP contribution in [-0.4, -0.2) is 0 Å². The molecule has 0 radical (unpaired) electrons. The maximum atomic E-state index is 13.3. The van der Waals surface area contributed by atoms with E-state index in [4.69, 9.17) is 17.3 Å². The SMILES string of the molecule is Cc1ccc(C(N)Cc2cc(F)cc(Br)c2)cc1Cl. The van der Waals surface area contributed by atoms with Gasteiger partial charge in [0.1, 0.15) is 5.82 Å². The molecule has 2 aromatic carbocycles. The Morgan fingerprint density at radius 3 is 2.63 bits per heavy atom. The van der Waals surface area contributed by atoms with E-state index in [0.29, 0.717) is 11.4 Å². The Kier molecular flexibility index (Phi) is 4.61. The zero-order valence-corrected chi connectivity index (χ0v) is 12.8.